The Bertz CT molecular complexity index is 699. The summed E-state index contributed by atoms with van der Waals surface area (Å²) in [6.07, 6.45) is 3.05. The number of carbonyl (C=O) groups excluding carboxylic acids is 1. The fraction of sp³-hybridized carbons (Fsp3) is 0.350. The molecular formula is C20H22FNO2. The maximum Gasteiger partial charge on any atom is 0.256 e. The number of amides is 1. The number of benzene rings is 2. The van der Waals surface area contributed by atoms with Crippen LogP contribution in [-0.2, 0) is 0 Å². The first-order valence-electron chi connectivity index (χ1n) is 8.37. The van der Waals surface area contributed by atoms with Crippen LogP contribution in [0.5, 0.6) is 5.75 Å². The molecule has 0 saturated carbocycles. The number of hydrogen-bond donors (Lipinski definition) is 0. The van der Waals surface area contributed by atoms with Gasteiger partial charge in [-0.2, -0.15) is 0 Å². The van der Waals surface area contributed by atoms with Gasteiger partial charge in [0, 0.05) is 19.0 Å². The van der Waals surface area contributed by atoms with Crippen molar-refractivity contribution in [2.24, 2.45) is 0 Å². The third kappa shape index (κ3) is 3.58. The molecule has 1 amide bonds. The summed E-state index contributed by atoms with van der Waals surface area (Å²) >= 11 is 0. The van der Waals surface area contributed by atoms with Gasteiger partial charge in [-0.15, -0.1) is 0 Å². The molecular weight excluding hydrogens is 305 g/mol. The Morgan fingerprint density at radius 3 is 2.58 bits per heavy atom. The topological polar surface area (TPSA) is 29.5 Å². The number of carbonyl (C=O) groups is 1. The fourth-order valence-corrected chi connectivity index (χ4v) is 3.28. The molecule has 2 aromatic carbocycles. The van der Waals surface area contributed by atoms with E-state index >= 15 is 0 Å². The lowest BCUT2D eigenvalue weighted by Gasteiger charge is -2.25. The Balaban J connectivity index is 1.79. The second-order valence-electron chi connectivity index (χ2n) is 6.20. The molecule has 2 aromatic rings. The molecule has 4 heteroatoms. The third-order valence-electron chi connectivity index (χ3n) is 4.65. The van der Waals surface area contributed by atoms with Crippen LogP contribution in [0.2, 0.25) is 0 Å². The van der Waals surface area contributed by atoms with Gasteiger partial charge in [0.2, 0.25) is 0 Å². The average molecular weight is 327 g/mol. The Hall–Kier alpha value is -2.36. The van der Waals surface area contributed by atoms with Crippen LogP contribution >= 0.6 is 0 Å². The highest BCUT2D eigenvalue weighted by Gasteiger charge is 2.25. The second-order valence-corrected chi connectivity index (χ2v) is 6.20. The number of hydrogen-bond acceptors (Lipinski definition) is 2. The van der Waals surface area contributed by atoms with Crippen LogP contribution in [0.25, 0.3) is 0 Å². The maximum atomic E-state index is 13.9. The summed E-state index contributed by atoms with van der Waals surface area (Å²) < 4.78 is 19.1. The molecule has 1 fully saturated rings. The van der Waals surface area contributed by atoms with E-state index in [1.165, 1.54) is 11.6 Å². The molecule has 0 aromatic heterocycles. The number of likely N-dealkylation sites (tertiary alicyclic amines) is 1. The van der Waals surface area contributed by atoms with Crippen molar-refractivity contribution in [1.82, 2.24) is 4.90 Å². The highest BCUT2D eigenvalue weighted by molar-refractivity contribution is 5.94. The Kier molecular flexibility index (Phi) is 5.14. The van der Waals surface area contributed by atoms with Crippen molar-refractivity contribution in [3.8, 4) is 5.75 Å². The molecule has 1 saturated heterocycles. The van der Waals surface area contributed by atoms with Gasteiger partial charge in [0.1, 0.15) is 11.6 Å². The number of halogens is 1. The highest BCUT2D eigenvalue weighted by Crippen LogP contribution is 2.28. The monoisotopic (exact) mass is 327 g/mol. The predicted octanol–water partition coefficient (Wildman–Crippen LogP) is 4.24. The minimum atomic E-state index is -0.451. The van der Waals surface area contributed by atoms with Crippen molar-refractivity contribution in [2.75, 3.05) is 20.2 Å². The molecule has 1 heterocycles. The molecule has 1 aliphatic rings. The normalized spacial score (nSPS) is 18.1. The molecule has 24 heavy (non-hydrogen) atoms. The lowest BCUT2D eigenvalue weighted by molar-refractivity contribution is 0.0750. The molecule has 0 spiro atoms. The molecule has 0 N–H and O–H groups in total. The lowest BCUT2D eigenvalue weighted by atomic mass is 9.94. The van der Waals surface area contributed by atoms with Crippen molar-refractivity contribution >= 4 is 5.91 Å². The summed E-state index contributed by atoms with van der Waals surface area (Å²) in [5, 5.41) is 0. The van der Waals surface area contributed by atoms with Crippen LogP contribution in [0, 0.1) is 5.82 Å². The largest absolute Gasteiger partial charge is 0.497 e. The summed E-state index contributed by atoms with van der Waals surface area (Å²) in [6.45, 7) is 1.30. The van der Waals surface area contributed by atoms with E-state index in [-0.39, 0.29) is 17.4 Å². The second kappa shape index (κ2) is 7.47. The number of nitrogens with zero attached hydrogens (tertiary/aromatic N) is 1. The summed E-state index contributed by atoms with van der Waals surface area (Å²) in [5.41, 5.74) is 1.36. The minimum Gasteiger partial charge on any atom is -0.497 e. The molecule has 0 bridgehead atoms. The van der Waals surface area contributed by atoms with Crippen molar-refractivity contribution < 1.29 is 13.9 Å². The van der Waals surface area contributed by atoms with Gasteiger partial charge in [0.05, 0.1) is 12.7 Å². The van der Waals surface area contributed by atoms with Gasteiger partial charge in [0.25, 0.3) is 5.91 Å². The van der Waals surface area contributed by atoms with Gasteiger partial charge in [-0.1, -0.05) is 30.7 Å². The minimum absolute atomic E-state index is 0.160. The van der Waals surface area contributed by atoms with Crippen molar-refractivity contribution in [3.63, 3.8) is 0 Å². The molecule has 126 valence electrons. The van der Waals surface area contributed by atoms with Crippen molar-refractivity contribution in [1.29, 1.82) is 0 Å². The molecule has 1 unspecified atom stereocenters. The van der Waals surface area contributed by atoms with E-state index in [1.807, 2.05) is 12.1 Å². The van der Waals surface area contributed by atoms with Crippen LogP contribution < -0.4 is 4.74 Å². The first-order valence-corrected chi connectivity index (χ1v) is 8.37. The van der Waals surface area contributed by atoms with E-state index in [4.69, 9.17) is 4.74 Å². The first-order chi connectivity index (χ1) is 11.7. The Labute approximate surface area is 142 Å². The van der Waals surface area contributed by atoms with Crippen molar-refractivity contribution in [2.45, 2.75) is 25.2 Å². The zero-order valence-electron chi connectivity index (χ0n) is 13.9. The fourth-order valence-electron chi connectivity index (χ4n) is 3.28. The van der Waals surface area contributed by atoms with Crippen LogP contribution in [0.1, 0.15) is 41.1 Å². The Morgan fingerprint density at radius 1 is 1.12 bits per heavy atom. The summed E-state index contributed by atoms with van der Waals surface area (Å²) in [7, 11) is 1.65. The van der Waals surface area contributed by atoms with Gasteiger partial charge in [-0.25, -0.2) is 4.39 Å². The summed E-state index contributed by atoms with van der Waals surface area (Å²) in [4.78, 5) is 14.5. The number of rotatable bonds is 3. The standard InChI is InChI=1S/C20H22FNO2/c1-24-17-11-9-15(10-12-17)16-6-4-5-13-22(14-16)20(23)18-7-2-3-8-19(18)21/h2-3,7-12,16H,4-6,13-14H2,1H3. The SMILES string of the molecule is COc1ccc(C2CCCCN(C(=O)c3ccccc3F)C2)cc1. The summed E-state index contributed by atoms with van der Waals surface area (Å²) in [6, 6.07) is 14.2. The van der Waals surface area contributed by atoms with E-state index in [9.17, 15) is 9.18 Å². The smallest absolute Gasteiger partial charge is 0.256 e. The molecule has 3 rings (SSSR count). The van der Waals surface area contributed by atoms with E-state index < -0.39 is 5.82 Å². The zero-order valence-corrected chi connectivity index (χ0v) is 13.9. The molecule has 0 aliphatic carbocycles. The predicted molar refractivity (Wildman–Crippen MR) is 91.9 cm³/mol. The van der Waals surface area contributed by atoms with Gasteiger partial charge in [-0.05, 0) is 42.7 Å². The zero-order chi connectivity index (χ0) is 16.9. The third-order valence-corrected chi connectivity index (χ3v) is 4.65. The van der Waals surface area contributed by atoms with Crippen molar-refractivity contribution in [3.05, 3.63) is 65.5 Å². The van der Waals surface area contributed by atoms with Crippen LogP contribution in [0.3, 0.4) is 0 Å². The molecule has 1 aliphatic heterocycles. The average Bonchev–Trinajstić information content (AvgIpc) is 2.88. The molecule has 1 atom stereocenters. The Morgan fingerprint density at radius 2 is 1.88 bits per heavy atom. The van der Waals surface area contributed by atoms with E-state index in [1.54, 1.807) is 30.2 Å². The number of methoxy groups -OCH3 is 1. The van der Waals surface area contributed by atoms with Crippen LogP contribution in [0.15, 0.2) is 48.5 Å². The van der Waals surface area contributed by atoms with E-state index in [0.717, 1.165) is 25.0 Å². The lowest BCUT2D eigenvalue weighted by Crippen LogP contribution is -2.34. The van der Waals surface area contributed by atoms with Gasteiger partial charge >= 0.3 is 0 Å². The van der Waals surface area contributed by atoms with E-state index in [0.29, 0.717) is 13.1 Å². The number of ether oxygens (including phenoxy) is 1. The first kappa shape index (κ1) is 16.5. The molecule has 0 radical (unpaired) electrons. The van der Waals surface area contributed by atoms with Gasteiger partial charge < -0.3 is 9.64 Å². The quantitative estimate of drug-likeness (QED) is 0.844. The van der Waals surface area contributed by atoms with E-state index in [2.05, 4.69) is 12.1 Å². The summed E-state index contributed by atoms with van der Waals surface area (Å²) in [5.74, 6) is 0.432. The van der Waals surface area contributed by atoms with Gasteiger partial charge in [0.15, 0.2) is 0 Å². The maximum absolute atomic E-state index is 13.9. The highest BCUT2D eigenvalue weighted by atomic mass is 19.1. The van der Waals surface area contributed by atoms with Gasteiger partial charge in [-0.3, -0.25) is 4.79 Å². The van der Waals surface area contributed by atoms with Crippen LogP contribution in [0.4, 0.5) is 4.39 Å². The van der Waals surface area contributed by atoms with Crippen LogP contribution in [-0.4, -0.2) is 31.0 Å². The molecule has 3 nitrogen and oxygen atoms in total.